The summed E-state index contributed by atoms with van der Waals surface area (Å²) in [5.74, 6) is 0. The third-order valence-electron chi connectivity index (χ3n) is 4.67. The molecule has 0 aromatic heterocycles. The van der Waals surface area contributed by atoms with Gasteiger partial charge in [-0.3, -0.25) is 4.90 Å². The van der Waals surface area contributed by atoms with Gasteiger partial charge in [-0.05, 0) is 19.8 Å². The lowest BCUT2D eigenvalue weighted by Crippen LogP contribution is -2.64. The van der Waals surface area contributed by atoms with Crippen LogP contribution in [0.15, 0.2) is 0 Å². The summed E-state index contributed by atoms with van der Waals surface area (Å²) in [5.41, 5.74) is 0.400. The molecule has 1 saturated heterocycles. The smallest absolute Gasteiger partial charge is 0.0700 e. The van der Waals surface area contributed by atoms with Crippen molar-refractivity contribution >= 4 is 0 Å². The fourth-order valence-corrected chi connectivity index (χ4v) is 3.38. The molecule has 2 fully saturated rings. The topological polar surface area (TPSA) is 33.7 Å². The van der Waals surface area contributed by atoms with Gasteiger partial charge in [0, 0.05) is 38.3 Å². The Morgan fingerprint density at radius 1 is 1.16 bits per heavy atom. The largest absolute Gasteiger partial charge is 0.382 e. The molecule has 2 rings (SSSR count). The molecule has 4 nitrogen and oxygen atoms in total. The monoisotopic (exact) mass is 270 g/mol. The minimum Gasteiger partial charge on any atom is -0.382 e. The Morgan fingerprint density at radius 2 is 1.95 bits per heavy atom. The number of hydrogen-bond acceptors (Lipinski definition) is 4. The van der Waals surface area contributed by atoms with Crippen LogP contribution in [0.3, 0.4) is 0 Å². The highest BCUT2D eigenvalue weighted by atomic mass is 16.5. The lowest BCUT2D eigenvalue weighted by atomic mass is 9.79. The molecular formula is C15H30N2O2. The van der Waals surface area contributed by atoms with Crippen LogP contribution < -0.4 is 5.32 Å². The van der Waals surface area contributed by atoms with Gasteiger partial charge in [0.2, 0.25) is 0 Å². The Hall–Kier alpha value is -0.160. The molecule has 0 radical (unpaired) electrons. The van der Waals surface area contributed by atoms with Crippen LogP contribution >= 0.6 is 0 Å². The molecule has 1 aliphatic heterocycles. The molecule has 19 heavy (non-hydrogen) atoms. The van der Waals surface area contributed by atoms with Crippen molar-refractivity contribution in [3.63, 3.8) is 0 Å². The zero-order chi connectivity index (χ0) is 13.6. The number of piperazine rings is 1. The summed E-state index contributed by atoms with van der Waals surface area (Å²) < 4.78 is 10.6. The number of rotatable bonds is 6. The molecule has 0 amide bonds. The Kier molecular flexibility index (Phi) is 6.07. The van der Waals surface area contributed by atoms with Crippen LogP contribution in [0.4, 0.5) is 0 Å². The number of methoxy groups -OCH3 is 1. The molecular weight excluding hydrogens is 240 g/mol. The first-order valence-corrected chi connectivity index (χ1v) is 7.81. The normalized spacial score (nSPS) is 27.8. The molecule has 4 heteroatoms. The van der Waals surface area contributed by atoms with Crippen molar-refractivity contribution in [1.29, 1.82) is 0 Å². The van der Waals surface area contributed by atoms with E-state index in [1.165, 1.54) is 38.6 Å². The highest BCUT2D eigenvalue weighted by Crippen LogP contribution is 2.31. The highest BCUT2D eigenvalue weighted by Gasteiger charge is 2.38. The number of nitrogens with one attached hydrogen (secondary N) is 1. The second-order valence-corrected chi connectivity index (χ2v) is 6.15. The van der Waals surface area contributed by atoms with Crippen molar-refractivity contribution in [2.45, 2.75) is 50.6 Å². The predicted molar refractivity (Wildman–Crippen MR) is 77.5 cm³/mol. The van der Waals surface area contributed by atoms with Gasteiger partial charge in [0.25, 0.3) is 0 Å². The van der Waals surface area contributed by atoms with Gasteiger partial charge in [-0.15, -0.1) is 0 Å². The van der Waals surface area contributed by atoms with Crippen molar-refractivity contribution in [3.05, 3.63) is 0 Å². The zero-order valence-corrected chi connectivity index (χ0v) is 12.6. The maximum Gasteiger partial charge on any atom is 0.0700 e. The molecule has 0 aromatic rings. The van der Waals surface area contributed by atoms with E-state index in [1.54, 1.807) is 7.11 Å². The molecule has 1 saturated carbocycles. The van der Waals surface area contributed by atoms with Crippen molar-refractivity contribution in [1.82, 2.24) is 10.2 Å². The van der Waals surface area contributed by atoms with Crippen LogP contribution in [0, 0.1) is 0 Å². The molecule has 1 atom stereocenters. The van der Waals surface area contributed by atoms with Gasteiger partial charge in [-0.2, -0.15) is 0 Å². The quantitative estimate of drug-likeness (QED) is 0.744. The third-order valence-corrected chi connectivity index (χ3v) is 4.67. The van der Waals surface area contributed by atoms with E-state index in [1.807, 2.05) is 0 Å². The predicted octanol–water partition coefficient (Wildman–Crippen LogP) is 1.65. The Labute approximate surface area is 117 Å². The molecule has 0 aromatic carbocycles. The summed E-state index contributed by atoms with van der Waals surface area (Å²) in [6.45, 7) is 7.92. The third kappa shape index (κ3) is 4.42. The maximum atomic E-state index is 5.61. The maximum absolute atomic E-state index is 5.61. The minimum atomic E-state index is 0.400. The molecule has 0 bridgehead atoms. The van der Waals surface area contributed by atoms with Crippen molar-refractivity contribution in [2.75, 3.05) is 46.6 Å². The van der Waals surface area contributed by atoms with Crippen LogP contribution in [-0.2, 0) is 9.47 Å². The van der Waals surface area contributed by atoms with Crippen LogP contribution in [-0.4, -0.2) is 63.0 Å². The van der Waals surface area contributed by atoms with Gasteiger partial charge < -0.3 is 14.8 Å². The number of hydrogen-bond donors (Lipinski definition) is 1. The standard InChI is InChI=1S/C15H30N2O2/c1-14-12-16-15(6-4-3-5-7-15)13-17(14)8-9-19-11-10-18-2/h14,16H,3-13H2,1-2H3. The number of ether oxygens (including phenoxy) is 2. The summed E-state index contributed by atoms with van der Waals surface area (Å²) >= 11 is 0. The lowest BCUT2D eigenvalue weighted by Gasteiger charge is -2.49. The van der Waals surface area contributed by atoms with Gasteiger partial charge in [0.1, 0.15) is 0 Å². The van der Waals surface area contributed by atoms with E-state index in [0.29, 0.717) is 24.8 Å². The summed E-state index contributed by atoms with van der Waals surface area (Å²) in [5, 5.41) is 3.82. The van der Waals surface area contributed by atoms with E-state index < -0.39 is 0 Å². The van der Waals surface area contributed by atoms with Crippen LogP contribution in [0.2, 0.25) is 0 Å². The number of nitrogens with zero attached hydrogens (tertiary/aromatic N) is 1. The first-order chi connectivity index (χ1) is 9.26. The van der Waals surface area contributed by atoms with Gasteiger partial charge in [-0.25, -0.2) is 0 Å². The average Bonchev–Trinajstić information content (AvgIpc) is 2.44. The summed E-state index contributed by atoms with van der Waals surface area (Å²) in [4.78, 5) is 2.61. The molecule has 1 spiro atoms. The van der Waals surface area contributed by atoms with Gasteiger partial charge >= 0.3 is 0 Å². The van der Waals surface area contributed by atoms with E-state index >= 15 is 0 Å². The molecule has 2 aliphatic rings. The molecule has 1 unspecified atom stereocenters. The molecule has 1 aliphatic carbocycles. The summed E-state index contributed by atoms with van der Waals surface area (Å²) in [6, 6.07) is 0.624. The van der Waals surface area contributed by atoms with E-state index in [0.717, 1.165) is 19.7 Å². The van der Waals surface area contributed by atoms with Crippen molar-refractivity contribution in [3.8, 4) is 0 Å². The van der Waals surface area contributed by atoms with Gasteiger partial charge in [-0.1, -0.05) is 19.3 Å². The van der Waals surface area contributed by atoms with Crippen molar-refractivity contribution < 1.29 is 9.47 Å². The Balaban J connectivity index is 1.74. The SMILES string of the molecule is COCCOCCN1CC2(CCCCC2)NCC1C. The Morgan fingerprint density at radius 3 is 2.68 bits per heavy atom. The lowest BCUT2D eigenvalue weighted by molar-refractivity contribution is 0.0203. The Bertz CT molecular complexity index is 255. The summed E-state index contributed by atoms with van der Waals surface area (Å²) in [7, 11) is 1.72. The first kappa shape index (κ1) is 15.2. The van der Waals surface area contributed by atoms with Crippen LogP contribution in [0.25, 0.3) is 0 Å². The first-order valence-electron chi connectivity index (χ1n) is 7.81. The van der Waals surface area contributed by atoms with Crippen LogP contribution in [0.5, 0.6) is 0 Å². The summed E-state index contributed by atoms with van der Waals surface area (Å²) in [6.07, 6.45) is 6.89. The van der Waals surface area contributed by atoms with E-state index in [4.69, 9.17) is 9.47 Å². The fourth-order valence-electron chi connectivity index (χ4n) is 3.38. The average molecular weight is 270 g/mol. The van der Waals surface area contributed by atoms with Gasteiger partial charge in [0.05, 0.1) is 19.8 Å². The van der Waals surface area contributed by atoms with Crippen LogP contribution in [0.1, 0.15) is 39.0 Å². The second kappa shape index (κ2) is 7.58. The zero-order valence-electron chi connectivity index (χ0n) is 12.6. The van der Waals surface area contributed by atoms with E-state index in [-0.39, 0.29) is 0 Å². The molecule has 112 valence electrons. The van der Waals surface area contributed by atoms with Crippen molar-refractivity contribution in [2.24, 2.45) is 0 Å². The fraction of sp³-hybridized carbons (Fsp3) is 1.00. The van der Waals surface area contributed by atoms with E-state index in [9.17, 15) is 0 Å². The highest BCUT2D eigenvalue weighted by molar-refractivity contribution is 4.98. The second-order valence-electron chi connectivity index (χ2n) is 6.15. The minimum absolute atomic E-state index is 0.400. The molecule has 1 N–H and O–H groups in total. The van der Waals surface area contributed by atoms with Gasteiger partial charge in [0.15, 0.2) is 0 Å². The molecule has 1 heterocycles. The van der Waals surface area contributed by atoms with E-state index in [2.05, 4.69) is 17.1 Å².